The number of aliphatic hydroxyl groups excluding tert-OH is 1. The van der Waals surface area contributed by atoms with Crippen LogP contribution in [0, 0.1) is 18.3 Å². The van der Waals surface area contributed by atoms with E-state index in [2.05, 4.69) is 0 Å². The van der Waals surface area contributed by atoms with E-state index in [-0.39, 0.29) is 0 Å². The van der Waals surface area contributed by atoms with E-state index in [0.717, 1.165) is 0 Å². The molecule has 3 nitrogen and oxygen atoms in total. The molecular weight excluding hydrogens is 247 g/mol. The van der Waals surface area contributed by atoms with Crippen molar-refractivity contribution in [3.05, 3.63) is 29.3 Å². The lowest BCUT2D eigenvalue weighted by atomic mass is 10.1. The molecule has 1 unspecified atom stereocenters. The summed E-state index contributed by atoms with van der Waals surface area (Å²) in [4.78, 5) is 0. The predicted molar refractivity (Wildman–Crippen MR) is 58.1 cm³/mol. The number of aliphatic hydroxyl groups is 1. The van der Waals surface area contributed by atoms with Gasteiger partial charge in [0.15, 0.2) is 0 Å². The number of aryl methyl sites for hydroxylation is 1. The summed E-state index contributed by atoms with van der Waals surface area (Å²) in [6.45, 7) is 1.23. The SMILES string of the molecule is Cc1cc(C#N)ccc1OCC(O)CC(F)(F)F. The third-order valence-corrected chi connectivity index (χ3v) is 2.20. The number of nitriles is 1. The standard InChI is InChI=1S/C12H12F3NO2/c1-8-4-9(6-16)2-3-11(8)18-7-10(17)5-12(13,14)15/h2-4,10,17H,5,7H2,1H3. The normalized spacial score (nSPS) is 12.9. The topological polar surface area (TPSA) is 53.2 Å². The zero-order chi connectivity index (χ0) is 13.8. The Labute approximate surface area is 102 Å². The third kappa shape index (κ3) is 4.63. The molecule has 0 spiro atoms. The summed E-state index contributed by atoms with van der Waals surface area (Å²) in [6.07, 6.45) is -7.31. The minimum Gasteiger partial charge on any atom is -0.491 e. The second kappa shape index (κ2) is 5.74. The van der Waals surface area contributed by atoms with Crippen LogP contribution >= 0.6 is 0 Å². The summed E-state index contributed by atoms with van der Waals surface area (Å²) in [5, 5.41) is 17.8. The molecule has 98 valence electrons. The van der Waals surface area contributed by atoms with Crippen molar-refractivity contribution in [3.8, 4) is 11.8 Å². The van der Waals surface area contributed by atoms with Gasteiger partial charge in [0.2, 0.25) is 0 Å². The lowest BCUT2D eigenvalue weighted by Gasteiger charge is -2.15. The number of benzene rings is 1. The first kappa shape index (κ1) is 14.3. The number of alkyl halides is 3. The minimum atomic E-state index is -4.41. The van der Waals surface area contributed by atoms with E-state index in [0.29, 0.717) is 16.9 Å². The zero-order valence-corrected chi connectivity index (χ0v) is 9.66. The highest BCUT2D eigenvalue weighted by Crippen LogP contribution is 2.23. The smallest absolute Gasteiger partial charge is 0.391 e. The third-order valence-electron chi connectivity index (χ3n) is 2.20. The van der Waals surface area contributed by atoms with Gasteiger partial charge in [-0.1, -0.05) is 0 Å². The van der Waals surface area contributed by atoms with Crippen molar-refractivity contribution in [2.45, 2.75) is 25.6 Å². The number of hydrogen-bond donors (Lipinski definition) is 1. The zero-order valence-electron chi connectivity index (χ0n) is 9.66. The Morgan fingerprint density at radius 3 is 2.61 bits per heavy atom. The molecule has 0 heterocycles. The first-order valence-corrected chi connectivity index (χ1v) is 5.20. The number of ether oxygens (including phenoxy) is 1. The fourth-order valence-corrected chi connectivity index (χ4v) is 1.39. The summed E-state index contributed by atoms with van der Waals surface area (Å²) >= 11 is 0. The largest absolute Gasteiger partial charge is 0.491 e. The minimum absolute atomic E-state index is 0.357. The van der Waals surface area contributed by atoms with Crippen LogP contribution in [0.25, 0.3) is 0 Å². The molecule has 6 heteroatoms. The van der Waals surface area contributed by atoms with E-state index in [1.165, 1.54) is 12.1 Å². The van der Waals surface area contributed by atoms with Crippen molar-refractivity contribution in [1.82, 2.24) is 0 Å². The number of rotatable bonds is 4. The number of nitrogens with zero attached hydrogens (tertiary/aromatic N) is 1. The molecule has 18 heavy (non-hydrogen) atoms. The van der Waals surface area contributed by atoms with Crippen LogP contribution in [-0.2, 0) is 0 Å². The molecule has 0 bridgehead atoms. The van der Waals surface area contributed by atoms with E-state index in [1.54, 1.807) is 13.0 Å². The molecule has 1 aromatic carbocycles. The van der Waals surface area contributed by atoms with Crippen molar-refractivity contribution < 1.29 is 23.0 Å². The number of halogens is 3. The second-order valence-electron chi connectivity index (χ2n) is 3.88. The molecule has 0 saturated carbocycles. The van der Waals surface area contributed by atoms with E-state index >= 15 is 0 Å². The molecule has 0 fully saturated rings. The van der Waals surface area contributed by atoms with Crippen LogP contribution in [0.4, 0.5) is 13.2 Å². The molecule has 1 N–H and O–H groups in total. The maximum Gasteiger partial charge on any atom is 0.391 e. The maximum atomic E-state index is 12.0. The van der Waals surface area contributed by atoms with Gasteiger partial charge in [0.25, 0.3) is 0 Å². The summed E-state index contributed by atoms with van der Waals surface area (Å²) in [5.74, 6) is 0.357. The highest BCUT2D eigenvalue weighted by atomic mass is 19.4. The van der Waals surface area contributed by atoms with E-state index in [1.807, 2.05) is 6.07 Å². The van der Waals surface area contributed by atoms with Crippen LogP contribution < -0.4 is 4.74 Å². The fourth-order valence-electron chi connectivity index (χ4n) is 1.39. The molecule has 0 aliphatic rings. The van der Waals surface area contributed by atoms with Gasteiger partial charge < -0.3 is 9.84 Å². The molecule has 0 radical (unpaired) electrons. The van der Waals surface area contributed by atoms with Crippen LogP contribution in [0.15, 0.2) is 18.2 Å². The van der Waals surface area contributed by atoms with Crippen LogP contribution in [0.1, 0.15) is 17.5 Å². The van der Waals surface area contributed by atoms with Gasteiger partial charge in [0.05, 0.1) is 24.2 Å². The molecule has 0 saturated heterocycles. The fraction of sp³-hybridized carbons (Fsp3) is 0.417. The predicted octanol–water partition coefficient (Wildman–Crippen LogP) is 2.56. The van der Waals surface area contributed by atoms with Crippen LogP contribution in [0.5, 0.6) is 5.75 Å². The molecule has 0 aliphatic heterocycles. The molecular formula is C12H12F3NO2. The Morgan fingerprint density at radius 2 is 2.11 bits per heavy atom. The highest BCUT2D eigenvalue weighted by Gasteiger charge is 2.31. The summed E-state index contributed by atoms with van der Waals surface area (Å²) in [6, 6.07) is 6.49. The van der Waals surface area contributed by atoms with E-state index in [9.17, 15) is 13.2 Å². The lowest BCUT2D eigenvalue weighted by Crippen LogP contribution is -2.25. The molecule has 1 aromatic rings. The first-order chi connectivity index (χ1) is 8.31. The number of hydrogen-bond acceptors (Lipinski definition) is 3. The molecule has 0 amide bonds. The van der Waals surface area contributed by atoms with Crippen molar-refractivity contribution in [2.75, 3.05) is 6.61 Å². The van der Waals surface area contributed by atoms with Gasteiger partial charge in [0.1, 0.15) is 12.4 Å². The van der Waals surface area contributed by atoms with E-state index < -0.39 is 25.3 Å². The van der Waals surface area contributed by atoms with Crippen molar-refractivity contribution in [3.63, 3.8) is 0 Å². The van der Waals surface area contributed by atoms with Crippen molar-refractivity contribution in [2.24, 2.45) is 0 Å². The van der Waals surface area contributed by atoms with Gasteiger partial charge >= 0.3 is 6.18 Å². The second-order valence-corrected chi connectivity index (χ2v) is 3.88. The van der Waals surface area contributed by atoms with E-state index in [4.69, 9.17) is 15.1 Å². The van der Waals surface area contributed by atoms with Gasteiger partial charge in [-0.2, -0.15) is 18.4 Å². The van der Waals surface area contributed by atoms with Gasteiger partial charge in [-0.15, -0.1) is 0 Å². The Hall–Kier alpha value is -1.74. The van der Waals surface area contributed by atoms with Gasteiger partial charge in [-0.25, -0.2) is 0 Å². The first-order valence-electron chi connectivity index (χ1n) is 5.20. The molecule has 0 aromatic heterocycles. The highest BCUT2D eigenvalue weighted by molar-refractivity contribution is 5.41. The van der Waals surface area contributed by atoms with Crippen LogP contribution in [0.2, 0.25) is 0 Å². The van der Waals surface area contributed by atoms with Gasteiger partial charge in [-0.3, -0.25) is 0 Å². The molecule has 1 atom stereocenters. The molecule has 1 rings (SSSR count). The summed E-state index contributed by atoms with van der Waals surface area (Å²) in [5.41, 5.74) is 1.07. The summed E-state index contributed by atoms with van der Waals surface area (Å²) in [7, 11) is 0. The van der Waals surface area contributed by atoms with Gasteiger partial charge in [-0.05, 0) is 30.7 Å². The lowest BCUT2D eigenvalue weighted by molar-refractivity contribution is -0.156. The van der Waals surface area contributed by atoms with Crippen molar-refractivity contribution >= 4 is 0 Å². The van der Waals surface area contributed by atoms with Crippen LogP contribution in [-0.4, -0.2) is 24.0 Å². The van der Waals surface area contributed by atoms with Crippen LogP contribution in [0.3, 0.4) is 0 Å². The Balaban J connectivity index is 2.57. The Bertz CT molecular complexity index is 452. The van der Waals surface area contributed by atoms with Crippen molar-refractivity contribution in [1.29, 1.82) is 5.26 Å². The average molecular weight is 259 g/mol. The monoisotopic (exact) mass is 259 g/mol. The molecule has 0 aliphatic carbocycles. The van der Waals surface area contributed by atoms with Gasteiger partial charge in [0, 0.05) is 0 Å². The summed E-state index contributed by atoms with van der Waals surface area (Å²) < 4.78 is 41.0. The Kier molecular flexibility index (Phi) is 4.56. The Morgan fingerprint density at radius 1 is 1.44 bits per heavy atom. The maximum absolute atomic E-state index is 12.0. The quantitative estimate of drug-likeness (QED) is 0.904. The average Bonchev–Trinajstić information content (AvgIpc) is 2.25.